The Morgan fingerprint density at radius 3 is 2.38 bits per heavy atom. The van der Waals surface area contributed by atoms with Crippen molar-refractivity contribution < 1.29 is 28.5 Å². The zero-order valence-electron chi connectivity index (χ0n) is 18.6. The van der Waals surface area contributed by atoms with Crippen LogP contribution in [0.5, 0.6) is 17.2 Å². The minimum Gasteiger partial charge on any atom is -0.494 e. The van der Waals surface area contributed by atoms with Gasteiger partial charge in [-0.25, -0.2) is 9.79 Å². The molecule has 0 spiro atoms. The number of carbonyl (C=O) groups is 2. The van der Waals surface area contributed by atoms with Gasteiger partial charge in [0, 0.05) is 19.7 Å². The quantitative estimate of drug-likeness (QED) is 0.441. The van der Waals surface area contributed by atoms with Crippen molar-refractivity contribution in [3.8, 4) is 17.2 Å². The molecule has 0 fully saturated rings. The highest BCUT2D eigenvalue weighted by atomic mass is 16.6. The zero-order valence-corrected chi connectivity index (χ0v) is 18.6. The second kappa shape index (κ2) is 10.5. The van der Waals surface area contributed by atoms with Gasteiger partial charge < -0.3 is 23.8 Å². The molecule has 0 aliphatic carbocycles. The lowest BCUT2D eigenvalue weighted by atomic mass is 10.1. The second-order valence-electron chi connectivity index (χ2n) is 7.01. The molecule has 0 saturated heterocycles. The normalized spacial score (nSPS) is 14.1. The summed E-state index contributed by atoms with van der Waals surface area (Å²) in [5.41, 5.74) is 1.53. The van der Waals surface area contributed by atoms with Gasteiger partial charge in [-0.2, -0.15) is 0 Å². The summed E-state index contributed by atoms with van der Waals surface area (Å²) >= 11 is 0. The van der Waals surface area contributed by atoms with E-state index in [0.717, 1.165) is 5.75 Å². The molecule has 1 amide bonds. The number of hydrogen-bond acceptors (Lipinski definition) is 7. The number of ether oxygens (including phenoxy) is 4. The van der Waals surface area contributed by atoms with Crippen molar-refractivity contribution in [2.45, 2.75) is 13.8 Å². The SMILES string of the molecule is CCOc1ccc(C2=NC(=Cc3ccc(OCC(=O)N(C)C)c(OCC)c3)C(=O)O2)cc1. The number of benzene rings is 2. The molecule has 3 rings (SSSR count). The van der Waals surface area contributed by atoms with E-state index in [1.165, 1.54) is 4.90 Å². The Bertz CT molecular complexity index is 1040. The highest BCUT2D eigenvalue weighted by Gasteiger charge is 2.24. The van der Waals surface area contributed by atoms with E-state index in [9.17, 15) is 9.59 Å². The third-order valence-corrected chi connectivity index (χ3v) is 4.45. The van der Waals surface area contributed by atoms with Gasteiger partial charge in [0.25, 0.3) is 5.91 Å². The van der Waals surface area contributed by atoms with Crippen LogP contribution in [0.1, 0.15) is 25.0 Å². The summed E-state index contributed by atoms with van der Waals surface area (Å²) in [7, 11) is 3.32. The van der Waals surface area contributed by atoms with E-state index in [1.54, 1.807) is 62.6 Å². The minimum atomic E-state index is -0.538. The van der Waals surface area contributed by atoms with Crippen molar-refractivity contribution >= 4 is 23.9 Å². The Morgan fingerprint density at radius 1 is 1.00 bits per heavy atom. The van der Waals surface area contributed by atoms with Crippen LogP contribution in [0.25, 0.3) is 6.08 Å². The van der Waals surface area contributed by atoms with Crippen LogP contribution in [0.3, 0.4) is 0 Å². The fourth-order valence-corrected chi connectivity index (χ4v) is 2.82. The highest BCUT2D eigenvalue weighted by molar-refractivity contribution is 6.12. The summed E-state index contributed by atoms with van der Waals surface area (Å²) in [4.78, 5) is 29.9. The van der Waals surface area contributed by atoms with Gasteiger partial charge in [0.1, 0.15) is 5.75 Å². The minimum absolute atomic E-state index is 0.102. The van der Waals surface area contributed by atoms with Crippen LogP contribution in [0.2, 0.25) is 0 Å². The Balaban J connectivity index is 1.80. The number of aliphatic imine (C=N–C) groups is 1. The first-order chi connectivity index (χ1) is 15.4. The van der Waals surface area contributed by atoms with E-state index < -0.39 is 5.97 Å². The van der Waals surface area contributed by atoms with Crippen LogP contribution in [0, 0.1) is 0 Å². The van der Waals surface area contributed by atoms with Gasteiger partial charge in [-0.15, -0.1) is 0 Å². The van der Waals surface area contributed by atoms with Gasteiger partial charge in [-0.1, -0.05) is 6.07 Å². The second-order valence-corrected chi connectivity index (χ2v) is 7.01. The lowest BCUT2D eigenvalue weighted by Crippen LogP contribution is -2.27. The van der Waals surface area contributed by atoms with Crippen molar-refractivity contribution in [2.24, 2.45) is 4.99 Å². The standard InChI is InChI=1S/C24H26N2O6/c1-5-29-18-10-8-17(9-11-18)23-25-19(24(28)32-23)13-16-7-12-20(21(14-16)30-6-2)31-15-22(27)26(3)4/h7-14H,5-6,15H2,1-4H3. The van der Waals surface area contributed by atoms with Crippen molar-refractivity contribution in [2.75, 3.05) is 33.9 Å². The molecule has 168 valence electrons. The first-order valence-corrected chi connectivity index (χ1v) is 10.3. The number of carbonyl (C=O) groups excluding carboxylic acids is 2. The van der Waals surface area contributed by atoms with Crippen molar-refractivity contribution in [3.05, 3.63) is 59.3 Å². The number of esters is 1. The summed E-state index contributed by atoms with van der Waals surface area (Å²) in [6, 6.07) is 12.3. The molecule has 0 unspecified atom stereocenters. The molecule has 0 N–H and O–H groups in total. The zero-order chi connectivity index (χ0) is 23.1. The van der Waals surface area contributed by atoms with Crippen LogP contribution >= 0.6 is 0 Å². The number of rotatable bonds is 9. The number of amides is 1. The van der Waals surface area contributed by atoms with E-state index in [-0.39, 0.29) is 24.1 Å². The maximum Gasteiger partial charge on any atom is 0.363 e. The van der Waals surface area contributed by atoms with E-state index in [4.69, 9.17) is 18.9 Å². The predicted octanol–water partition coefficient (Wildman–Crippen LogP) is 3.30. The highest BCUT2D eigenvalue weighted by Crippen LogP contribution is 2.30. The molecule has 0 saturated carbocycles. The summed E-state index contributed by atoms with van der Waals surface area (Å²) in [5, 5.41) is 0. The molecular weight excluding hydrogens is 412 g/mol. The van der Waals surface area contributed by atoms with Crippen LogP contribution in [-0.2, 0) is 14.3 Å². The number of cyclic esters (lactones) is 1. The monoisotopic (exact) mass is 438 g/mol. The van der Waals surface area contributed by atoms with Gasteiger partial charge in [0.15, 0.2) is 23.8 Å². The molecule has 0 atom stereocenters. The molecule has 8 nitrogen and oxygen atoms in total. The molecule has 0 aromatic heterocycles. The molecule has 0 radical (unpaired) electrons. The summed E-state index contributed by atoms with van der Waals surface area (Å²) in [5.74, 6) is 1.17. The van der Waals surface area contributed by atoms with Crippen LogP contribution in [0.15, 0.2) is 53.2 Å². The maximum atomic E-state index is 12.3. The molecule has 1 aliphatic heterocycles. The van der Waals surface area contributed by atoms with E-state index in [0.29, 0.717) is 35.8 Å². The first kappa shape index (κ1) is 22.9. The smallest absolute Gasteiger partial charge is 0.363 e. The number of nitrogens with zero attached hydrogens (tertiary/aromatic N) is 2. The van der Waals surface area contributed by atoms with Crippen molar-refractivity contribution in [3.63, 3.8) is 0 Å². The van der Waals surface area contributed by atoms with Crippen molar-refractivity contribution in [1.82, 2.24) is 4.90 Å². The molecule has 32 heavy (non-hydrogen) atoms. The van der Waals surface area contributed by atoms with Gasteiger partial charge in [0.05, 0.1) is 13.2 Å². The van der Waals surface area contributed by atoms with E-state index in [1.807, 2.05) is 13.8 Å². The molecule has 2 aromatic carbocycles. The largest absolute Gasteiger partial charge is 0.494 e. The Hall–Kier alpha value is -3.81. The Morgan fingerprint density at radius 2 is 1.72 bits per heavy atom. The van der Waals surface area contributed by atoms with Crippen LogP contribution < -0.4 is 14.2 Å². The fraction of sp³-hybridized carbons (Fsp3) is 0.292. The van der Waals surface area contributed by atoms with Crippen LogP contribution in [0.4, 0.5) is 0 Å². The summed E-state index contributed by atoms with van der Waals surface area (Å²) < 4.78 is 22.0. The third-order valence-electron chi connectivity index (χ3n) is 4.45. The maximum absolute atomic E-state index is 12.3. The third kappa shape index (κ3) is 5.66. The fourth-order valence-electron chi connectivity index (χ4n) is 2.82. The van der Waals surface area contributed by atoms with Gasteiger partial charge in [-0.05, 0) is 61.9 Å². The molecule has 2 aromatic rings. The lowest BCUT2D eigenvalue weighted by Gasteiger charge is -2.14. The Kier molecular flexibility index (Phi) is 7.49. The Labute approximate surface area is 187 Å². The van der Waals surface area contributed by atoms with Gasteiger partial charge in [0.2, 0.25) is 5.90 Å². The lowest BCUT2D eigenvalue weighted by molar-refractivity contribution is -0.131. The molecular formula is C24H26N2O6. The van der Waals surface area contributed by atoms with E-state index >= 15 is 0 Å². The number of hydrogen-bond donors (Lipinski definition) is 0. The average molecular weight is 438 g/mol. The van der Waals surface area contributed by atoms with E-state index in [2.05, 4.69) is 4.99 Å². The molecule has 8 heteroatoms. The number of likely N-dealkylation sites (N-methyl/N-ethyl adjacent to an activating group) is 1. The van der Waals surface area contributed by atoms with Gasteiger partial charge >= 0.3 is 5.97 Å². The average Bonchev–Trinajstić information content (AvgIpc) is 3.14. The first-order valence-electron chi connectivity index (χ1n) is 10.3. The van der Waals surface area contributed by atoms with Crippen molar-refractivity contribution in [1.29, 1.82) is 0 Å². The summed E-state index contributed by atoms with van der Waals surface area (Å²) in [6.45, 7) is 4.64. The topological polar surface area (TPSA) is 86.7 Å². The molecule has 1 aliphatic rings. The van der Waals surface area contributed by atoms with Gasteiger partial charge in [-0.3, -0.25) is 4.79 Å². The summed E-state index contributed by atoms with van der Waals surface area (Å²) in [6.07, 6.45) is 1.61. The molecule has 0 bridgehead atoms. The molecule has 1 heterocycles. The van der Waals surface area contributed by atoms with Crippen LogP contribution in [-0.4, -0.2) is 56.6 Å². The predicted molar refractivity (Wildman–Crippen MR) is 120 cm³/mol.